The van der Waals surface area contributed by atoms with Gasteiger partial charge in [0.15, 0.2) is 6.29 Å². The summed E-state index contributed by atoms with van der Waals surface area (Å²) in [5, 5.41) is 0. The summed E-state index contributed by atoms with van der Waals surface area (Å²) in [5.41, 5.74) is 0. The Hall–Kier alpha value is -0.0800. The van der Waals surface area contributed by atoms with Gasteiger partial charge >= 0.3 is 0 Å². The fourth-order valence-electron chi connectivity index (χ4n) is 4.28. The van der Waals surface area contributed by atoms with E-state index in [4.69, 9.17) is 9.47 Å². The van der Waals surface area contributed by atoms with E-state index in [1.54, 1.807) is 0 Å². The van der Waals surface area contributed by atoms with E-state index in [2.05, 4.69) is 6.92 Å². The number of hydrogen-bond acceptors (Lipinski definition) is 2. The van der Waals surface area contributed by atoms with E-state index in [-0.39, 0.29) is 6.29 Å². The van der Waals surface area contributed by atoms with Crippen molar-refractivity contribution in [1.29, 1.82) is 0 Å². The Morgan fingerprint density at radius 1 is 0.722 bits per heavy atom. The van der Waals surface area contributed by atoms with Crippen molar-refractivity contribution in [1.82, 2.24) is 0 Å². The van der Waals surface area contributed by atoms with Gasteiger partial charge in [-0.1, -0.05) is 32.1 Å². The Labute approximate surface area is 111 Å². The van der Waals surface area contributed by atoms with Crippen molar-refractivity contribution in [3.05, 3.63) is 0 Å². The van der Waals surface area contributed by atoms with E-state index in [0.29, 0.717) is 12.0 Å². The average molecular weight is 252 g/mol. The minimum absolute atomic E-state index is 0.118. The van der Waals surface area contributed by atoms with Gasteiger partial charge in [0.25, 0.3) is 0 Å². The average Bonchev–Trinajstić information content (AvgIpc) is 2.87. The van der Waals surface area contributed by atoms with E-state index >= 15 is 0 Å². The molecule has 3 fully saturated rings. The van der Waals surface area contributed by atoms with E-state index in [1.807, 2.05) is 0 Å². The summed E-state index contributed by atoms with van der Waals surface area (Å²) in [6.07, 6.45) is 13.4. The van der Waals surface area contributed by atoms with Gasteiger partial charge in [0.2, 0.25) is 0 Å². The van der Waals surface area contributed by atoms with Gasteiger partial charge in [0.1, 0.15) is 0 Å². The Kier molecular flexibility index (Phi) is 4.25. The van der Waals surface area contributed by atoms with Crippen LogP contribution in [0.4, 0.5) is 0 Å². The second-order valence-electron chi connectivity index (χ2n) is 6.72. The third-order valence-electron chi connectivity index (χ3n) is 5.38. The molecule has 0 bridgehead atoms. The van der Waals surface area contributed by atoms with Crippen LogP contribution in [0.15, 0.2) is 0 Å². The fraction of sp³-hybridized carbons (Fsp3) is 1.00. The van der Waals surface area contributed by atoms with Gasteiger partial charge in [-0.15, -0.1) is 0 Å². The molecule has 0 aromatic carbocycles. The standard InChI is InChI=1S/C16H28O2/c1-12-11-17-16(18-12)15-9-7-14(8-10-15)13-5-3-2-4-6-13/h12-16H,2-11H2,1H3. The number of hydrogen-bond donors (Lipinski definition) is 0. The van der Waals surface area contributed by atoms with Crippen LogP contribution in [0.1, 0.15) is 64.7 Å². The third-order valence-corrected chi connectivity index (χ3v) is 5.38. The van der Waals surface area contributed by atoms with Gasteiger partial charge in [0.05, 0.1) is 12.7 Å². The second-order valence-corrected chi connectivity index (χ2v) is 6.72. The molecule has 3 aliphatic rings. The molecule has 2 atom stereocenters. The molecule has 2 unspecified atom stereocenters. The Bertz CT molecular complexity index is 239. The molecule has 2 heteroatoms. The molecular weight excluding hydrogens is 224 g/mol. The first kappa shape index (κ1) is 12.9. The van der Waals surface area contributed by atoms with E-state index in [0.717, 1.165) is 18.4 Å². The van der Waals surface area contributed by atoms with E-state index < -0.39 is 0 Å². The molecule has 0 N–H and O–H groups in total. The molecule has 0 aromatic heterocycles. The minimum Gasteiger partial charge on any atom is -0.350 e. The molecule has 2 saturated carbocycles. The van der Waals surface area contributed by atoms with Gasteiger partial charge in [-0.3, -0.25) is 0 Å². The zero-order chi connectivity index (χ0) is 12.4. The van der Waals surface area contributed by atoms with Crippen LogP contribution in [-0.4, -0.2) is 19.0 Å². The van der Waals surface area contributed by atoms with E-state index in [9.17, 15) is 0 Å². The molecule has 18 heavy (non-hydrogen) atoms. The normalized spacial score (nSPS) is 43.2. The summed E-state index contributed by atoms with van der Waals surface area (Å²) >= 11 is 0. The van der Waals surface area contributed by atoms with Gasteiger partial charge in [0, 0.05) is 5.92 Å². The number of ether oxygens (including phenoxy) is 2. The van der Waals surface area contributed by atoms with Crippen molar-refractivity contribution in [2.75, 3.05) is 6.61 Å². The fourth-order valence-corrected chi connectivity index (χ4v) is 4.28. The Morgan fingerprint density at radius 2 is 1.33 bits per heavy atom. The first-order valence-electron chi connectivity index (χ1n) is 8.10. The van der Waals surface area contributed by atoms with Crippen molar-refractivity contribution in [3.63, 3.8) is 0 Å². The van der Waals surface area contributed by atoms with Crippen LogP contribution in [0.2, 0.25) is 0 Å². The molecule has 1 aliphatic heterocycles. The lowest BCUT2D eigenvalue weighted by atomic mass is 9.71. The van der Waals surface area contributed by atoms with Crippen LogP contribution < -0.4 is 0 Å². The SMILES string of the molecule is CC1COC(C2CCC(C3CCCCC3)CC2)O1. The van der Waals surface area contributed by atoms with Crippen LogP contribution in [0.25, 0.3) is 0 Å². The van der Waals surface area contributed by atoms with Crippen LogP contribution in [0.5, 0.6) is 0 Å². The summed E-state index contributed by atoms with van der Waals surface area (Å²) in [4.78, 5) is 0. The Morgan fingerprint density at radius 3 is 1.94 bits per heavy atom. The monoisotopic (exact) mass is 252 g/mol. The molecule has 0 amide bonds. The predicted octanol–water partition coefficient (Wildman–Crippen LogP) is 4.13. The van der Waals surface area contributed by atoms with Crippen molar-refractivity contribution in [2.24, 2.45) is 17.8 Å². The molecule has 0 aromatic rings. The highest BCUT2D eigenvalue weighted by atomic mass is 16.7. The van der Waals surface area contributed by atoms with Crippen LogP contribution in [0, 0.1) is 17.8 Å². The van der Waals surface area contributed by atoms with Crippen LogP contribution in [0.3, 0.4) is 0 Å². The highest BCUT2D eigenvalue weighted by Crippen LogP contribution is 2.41. The van der Waals surface area contributed by atoms with Gasteiger partial charge in [-0.05, 0) is 44.4 Å². The zero-order valence-corrected chi connectivity index (χ0v) is 11.8. The lowest BCUT2D eigenvalue weighted by Gasteiger charge is -2.37. The van der Waals surface area contributed by atoms with Crippen molar-refractivity contribution in [3.8, 4) is 0 Å². The molecule has 3 rings (SSSR count). The van der Waals surface area contributed by atoms with Crippen molar-refractivity contribution in [2.45, 2.75) is 77.1 Å². The number of rotatable bonds is 2. The molecule has 1 heterocycles. The van der Waals surface area contributed by atoms with Crippen molar-refractivity contribution < 1.29 is 9.47 Å². The summed E-state index contributed by atoms with van der Waals surface area (Å²) in [5.74, 6) is 2.74. The van der Waals surface area contributed by atoms with Crippen LogP contribution >= 0.6 is 0 Å². The van der Waals surface area contributed by atoms with Crippen molar-refractivity contribution >= 4 is 0 Å². The summed E-state index contributed by atoms with van der Waals surface area (Å²) in [6.45, 7) is 2.92. The molecule has 2 aliphatic carbocycles. The van der Waals surface area contributed by atoms with Gasteiger partial charge in [-0.25, -0.2) is 0 Å². The van der Waals surface area contributed by atoms with E-state index in [1.165, 1.54) is 57.8 Å². The maximum absolute atomic E-state index is 5.86. The summed E-state index contributed by atoms with van der Waals surface area (Å²) in [7, 11) is 0. The lowest BCUT2D eigenvalue weighted by molar-refractivity contribution is -0.107. The van der Waals surface area contributed by atoms with Crippen LogP contribution in [-0.2, 0) is 9.47 Å². The summed E-state index contributed by atoms with van der Waals surface area (Å²) < 4.78 is 11.6. The molecule has 1 saturated heterocycles. The minimum atomic E-state index is 0.118. The first-order chi connectivity index (χ1) is 8.83. The molecule has 2 nitrogen and oxygen atoms in total. The molecule has 0 radical (unpaired) electrons. The third kappa shape index (κ3) is 2.91. The molecule has 0 spiro atoms. The quantitative estimate of drug-likeness (QED) is 0.735. The molecular formula is C16H28O2. The summed E-state index contributed by atoms with van der Waals surface area (Å²) in [6, 6.07) is 0. The molecule has 104 valence electrons. The largest absolute Gasteiger partial charge is 0.350 e. The zero-order valence-electron chi connectivity index (χ0n) is 11.8. The maximum Gasteiger partial charge on any atom is 0.160 e. The topological polar surface area (TPSA) is 18.5 Å². The lowest BCUT2D eigenvalue weighted by Crippen LogP contribution is -2.30. The second kappa shape index (κ2) is 5.92. The Balaban J connectivity index is 1.45. The maximum atomic E-state index is 5.86. The predicted molar refractivity (Wildman–Crippen MR) is 72.3 cm³/mol. The first-order valence-corrected chi connectivity index (χ1v) is 8.10. The highest BCUT2D eigenvalue weighted by Gasteiger charge is 2.35. The van der Waals surface area contributed by atoms with Gasteiger partial charge < -0.3 is 9.47 Å². The smallest absolute Gasteiger partial charge is 0.160 e. The highest BCUT2D eigenvalue weighted by molar-refractivity contribution is 4.82. The van der Waals surface area contributed by atoms with Gasteiger partial charge in [-0.2, -0.15) is 0 Å².